The lowest BCUT2D eigenvalue weighted by Crippen LogP contribution is -2.60. The first-order chi connectivity index (χ1) is 49.7. The molecule has 12 atom stereocenters. The highest BCUT2D eigenvalue weighted by atomic mass is 32.2. The third-order valence-corrected chi connectivity index (χ3v) is 21.1. The predicted molar refractivity (Wildman–Crippen MR) is 387 cm³/mol. The molecule has 9 amide bonds. The molecule has 7 aliphatic rings. The van der Waals surface area contributed by atoms with E-state index in [0.29, 0.717) is 46.7 Å². The van der Waals surface area contributed by atoms with Crippen molar-refractivity contribution < 1.29 is 75.7 Å². The van der Waals surface area contributed by atoms with E-state index in [0.717, 1.165) is 10.8 Å². The molecule has 10 bridgehead atoms. The summed E-state index contributed by atoms with van der Waals surface area (Å²) in [5.41, 5.74) is 0.196. The Morgan fingerprint density at radius 2 is 1.19 bits per heavy atom. The Labute approximate surface area is 611 Å². The fourth-order valence-corrected chi connectivity index (χ4v) is 13.9. The largest absolute Gasteiger partial charge is 0.490 e. The van der Waals surface area contributed by atoms with Crippen LogP contribution in [-0.2, 0) is 88.6 Å². The normalized spacial score (nSPS) is 23.6. The van der Waals surface area contributed by atoms with Gasteiger partial charge in [-0.3, -0.25) is 47.9 Å². The molecule has 0 radical (unpaired) electrons. The van der Waals surface area contributed by atoms with E-state index in [1.807, 2.05) is 42.5 Å². The number of carbonyl (C=O) groups is 10. The van der Waals surface area contributed by atoms with Crippen molar-refractivity contribution in [2.24, 2.45) is 10.8 Å². The van der Waals surface area contributed by atoms with Gasteiger partial charge in [0.15, 0.2) is 0 Å². The van der Waals surface area contributed by atoms with Crippen LogP contribution in [0.3, 0.4) is 0 Å². The minimum atomic E-state index is -4.11. The summed E-state index contributed by atoms with van der Waals surface area (Å²) in [7, 11) is -0.905. The Balaban J connectivity index is 1.02. The van der Waals surface area contributed by atoms with Gasteiger partial charge in [-0.25, -0.2) is 17.9 Å². The van der Waals surface area contributed by atoms with E-state index in [9.17, 15) is 51.9 Å². The summed E-state index contributed by atoms with van der Waals surface area (Å²) in [5, 5.41) is 42.8. The lowest BCUT2D eigenvalue weighted by Gasteiger charge is -2.36. The van der Waals surface area contributed by atoms with E-state index in [-0.39, 0.29) is 65.0 Å². The fraction of sp³-hybridized carbons (Fsp3) is 0.514. The molecule has 105 heavy (non-hydrogen) atoms. The molecular weight excluding hydrogens is 1370 g/mol. The first-order valence-electron chi connectivity index (χ1n) is 35.3. The Hall–Kier alpha value is -9.85. The van der Waals surface area contributed by atoms with Crippen LogP contribution in [0.5, 0.6) is 11.5 Å². The molecule has 31 heteroatoms. The minimum absolute atomic E-state index is 0.00460. The van der Waals surface area contributed by atoms with Crippen LogP contribution >= 0.6 is 0 Å². The molecule has 5 aromatic rings. The number of carboxylic acid groups (broad SMARTS) is 1. The molecule has 0 spiro atoms. The van der Waals surface area contributed by atoms with Crippen molar-refractivity contribution in [3.8, 4) is 11.5 Å². The van der Waals surface area contributed by atoms with Crippen LogP contribution in [0.2, 0.25) is 0 Å². The van der Waals surface area contributed by atoms with Crippen LogP contribution in [0.1, 0.15) is 116 Å². The predicted octanol–water partition coefficient (Wildman–Crippen LogP) is 2.04. The van der Waals surface area contributed by atoms with Crippen LogP contribution < -0.4 is 56.7 Å². The molecule has 1 saturated carbocycles. The third kappa shape index (κ3) is 21.0. The Morgan fingerprint density at radius 1 is 0.648 bits per heavy atom. The Bertz CT molecular complexity index is 4140. The van der Waals surface area contributed by atoms with Gasteiger partial charge >= 0.3 is 5.97 Å². The topological polar surface area (TPSA) is 398 Å². The molecule has 7 heterocycles. The number of aromatic nitrogens is 3. The molecule has 4 aromatic carbocycles. The third-order valence-electron chi connectivity index (χ3n) is 19.2. The number of fused-ring (bicyclic) bond motifs is 1. The number of sulfonamides is 1. The Kier molecular flexibility index (Phi) is 26.0. The standard InChI is InChI=1S/C74H98N14O16S/c1-42(75-10)63(89)81-61(73(4,5)6)70(96)86-39-51-36-59(86)69(95)79-56(35-47-18-23-48-16-12-13-17-49(48)32-47)66(92)80-58(72(98)99)34-46-19-24-52(25-20-46)102-30-14-15-31-103-54-37-60(87(40-54)71(97)62(74(7,8)9)82-64(90)43(2)76-11)68(94)77-44(3)65(91)78-57(67(93)84-105(100,101)55-28-29-55)33-45-21-26-53(27-22-45)104-41-50-38-88(51)85-83-50/h12-27,32,38,42-44,51,54-62,75-76H,28-31,33-37,39-41H2,1-11H3,(H,77,94)(H,78,91)(H,79,95)(H,80,92)(H,81,89)(H,82,90)(H,84,93)(H,98,99)/b15-14-/t42-,43-,44-,51-,54?,56-,57-,58-,59-,60?,61+,62+/m0/s1. The summed E-state index contributed by atoms with van der Waals surface area (Å²) in [4.78, 5) is 145. The molecule has 6 aliphatic heterocycles. The molecule has 3 fully saturated rings. The quantitative estimate of drug-likeness (QED) is 0.0711. The van der Waals surface area contributed by atoms with Gasteiger partial charge in [-0.2, -0.15) is 0 Å². The van der Waals surface area contributed by atoms with Gasteiger partial charge < -0.3 is 71.7 Å². The zero-order valence-electron chi connectivity index (χ0n) is 61.1. The lowest BCUT2D eigenvalue weighted by molar-refractivity contribution is -0.145. The summed E-state index contributed by atoms with van der Waals surface area (Å²) in [5.74, 6) is -6.88. The zero-order valence-corrected chi connectivity index (χ0v) is 61.9. The highest BCUT2D eigenvalue weighted by Gasteiger charge is 2.49. The molecule has 1 aromatic heterocycles. The van der Waals surface area contributed by atoms with E-state index >= 15 is 9.59 Å². The number of rotatable bonds is 14. The number of ether oxygens (including phenoxy) is 3. The van der Waals surface area contributed by atoms with E-state index < -0.39 is 158 Å². The van der Waals surface area contributed by atoms with Crippen molar-refractivity contribution in [1.29, 1.82) is 0 Å². The molecule has 566 valence electrons. The van der Waals surface area contributed by atoms with Gasteiger partial charge in [0.1, 0.15) is 78.7 Å². The van der Waals surface area contributed by atoms with E-state index in [2.05, 4.69) is 57.6 Å². The smallest absolute Gasteiger partial charge is 0.326 e. The van der Waals surface area contributed by atoms with E-state index in [4.69, 9.17) is 14.2 Å². The highest BCUT2D eigenvalue weighted by Crippen LogP contribution is 2.33. The van der Waals surface area contributed by atoms with Crippen LogP contribution in [0.25, 0.3) is 10.8 Å². The van der Waals surface area contributed by atoms with Gasteiger partial charge in [-0.1, -0.05) is 120 Å². The summed E-state index contributed by atoms with van der Waals surface area (Å²) in [6, 6.07) is 13.5. The molecular formula is C74H98N14O16S. The summed E-state index contributed by atoms with van der Waals surface area (Å²) >= 11 is 0. The maximum absolute atomic E-state index is 15.2. The van der Waals surface area contributed by atoms with Crippen molar-refractivity contribution in [3.05, 3.63) is 132 Å². The number of hydrogen-bond donors (Lipinski definition) is 10. The SMILES string of the molecule is CN[C@@H](C)C(=O)N[C@H](C(=O)N1CC2CC1C(=O)N[C@@H](C)C(=O)N[C@H](C(=O)NS(=O)(=O)C1CC1)Cc1ccc(cc1)OCc1cn(nn1)[C@H]1C[C@@H](C(=O)N[C@@H](Cc3ccc4ccccc4c3)C(=O)N[C@H](C(=O)O)Cc3ccc(cc3)OC/C=C\CO2)N(C(=O)[C@@H](NC(=O)[C@H](C)NC)C(C)(C)C)C1)C(C)(C)C. The van der Waals surface area contributed by atoms with Gasteiger partial charge in [0.2, 0.25) is 57.3 Å². The fourth-order valence-electron chi connectivity index (χ4n) is 12.5. The number of carbonyl (C=O) groups excluding carboxylic acids is 9. The van der Waals surface area contributed by atoms with Crippen LogP contribution in [0, 0.1) is 10.8 Å². The van der Waals surface area contributed by atoms with Crippen molar-refractivity contribution in [2.45, 2.75) is 192 Å². The molecule has 30 nitrogen and oxygen atoms in total. The molecule has 2 unspecified atom stereocenters. The molecule has 2 saturated heterocycles. The van der Waals surface area contributed by atoms with Crippen LogP contribution in [-0.4, -0.2) is 210 Å². The van der Waals surface area contributed by atoms with Gasteiger partial charge in [0.25, 0.3) is 5.91 Å². The monoisotopic (exact) mass is 1470 g/mol. The maximum Gasteiger partial charge on any atom is 0.326 e. The first-order valence-corrected chi connectivity index (χ1v) is 36.9. The van der Waals surface area contributed by atoms with Gasteiger partial charge in [-0.05, 0) is 116 Å². The molecule has 1 aliphatic carbocycles. The van der Waals surface area contributed by atoms with Crippen molar-refractivity contribution in [3.63, 3.8) is 0 Å². The highest BCUT2D eigenvalue weighted by molar-refractivity contribution is 7.91. The number of nitrogens with one attached hydrogen (secondary N) is 9. The van der Waals surface area contributed by atoms with Crippen LogP contribution in [0.4, 0.5) is 0 Å². The van der Waals surface area contributed by atoms with Gasteiger partial charge in [-0.15, -0.1) is 5.10 Å². The first kappa shape index (κ1) is 79.3. The second kappa shape index (κ2) is 34.4. The minimum Gasteiger partial charge on any atom is -0.490 e. The van der Waals surface area contributed by atoms with Crippen molar-refractivity contribution in [1.82, 2.24) is 72.1 Å². The molecule has 12 rings (SSSR count). The second-order valence-corrected chi connectivity index (χ2v) is 31.5. The maximum atomic E-state index is 15.2. The van der Waals surface area contributed by atoms with E-state index in [1.54, 1.807) is 136 Å². The van der Waals surface area contributed by atoms with Crippen molar-refractivity contribution in [2.75, 3.05) is 40.4 Å². The number of carboxylic acids is 1. The Morgan fingerprint density at radius 3 is 1.77 bits per heavy atom. The average Bonchev–Trinajstić information content (AvgIpc) is 1.68. The summed E-state index contributed by atoms with van der Waals surface area (Å²) in [6.45, 7) is 15.0. The van der Waals surface area contributed by atoms with Gasteiger partial charge in [0, 0.05) is 45.2 Å². The summed E-state index contributed by atoms with van der Waals surface area (Å²) in [6.07, 6.45) is 4.36. The number of hydrogen-bond acceptors (Lipinski definition) is 19. The summed E-state index contributed by atoms with van der Waals surface area (Å²) < 4.78 is 48.3. The second-order valence-electron chi connectivity index (χ2n) is 29.5. The number of nitrogens with zero attached hydrogens (tertiary/aromatic N) is 5. The zero-order chi connectivity index (χ0) is 76.2. The van der Waals surface area contributed by atoms with Crippen molar-refractivity contribution >= 4 is 79.9 Å². The van der Waals surface area contributed by atoms with Gasteiger partial charge in [0.05, 0.1) is 42.3 Å². The number of aliphatic carboxylic acids is 1. The number of benzene rings is 4. The molecule has 10 N–H and O–H groups in total. The number of likely N-dealkylation sites (N-methyl/N-ethyl adjacent to an activating group) is 2. The average molecular weight is 1470 g/mol. The number of amides is 9. The van der Waals surface area contributed by atoms with Crippen LogP contribution in [0.15, 0.2) is 109 Å². The van der Waals surface area contributed by atoms with E-state index in [1.165, 1.54) is 21.4 Å². The lowest BCUT2D eigenvalue weighted by atomic mass is 9.85. The number of likely N-dealkylation sites (tertiary alicyclic amines) is 2.